The van der Waals surface area contributed by atoms with Crippen molar-refractivity contribution in [2.75, 3.05) is 51.0 Å². The summed E-state index contributed by atoms with van der Waals surface area (Å²) >= 11 is 6.90. The van der Waals surface area contributed by atoms with Crippen LogP contribution in [0.4, 0.5) is 10.2 Å². The Morgan fingerprint density at radius 1 is 1.22 bits per heavy atom. The van der Waals surface area contributed by atoms with E-state index in [1.54, 1.807) is 6.20 Å². The highest BCUT2D eigenvalue weighted by Crippen LogP contribution is 2.54. The lowest BCUT2D eigenvalue weighted by atomic mass is 9.94. The van der Waals surface area contributed by atoms with E-state index in [-0.39, 0.29) is 34.7 Å². The van der Waals surface area contributed by atoms with Gasteiger partial charge in [-0.3, -0.25) is 10.00 Å². The third kappa shape index (κ3) is 4.34. The van der Waals surface area contributed by atoms with Crippen LogP contribution in [0.2, 0.25) is 5.02 Å². The number of hydrogen-bond acceptors (Lipinski definition) is 9. The van der Waals surface area contributed by atoms with E-state index in [0.717, 1.165) is 61.7 Å². The summed E-state index contributed by atoms with van der Waals surface area (Å²) in [6.07, 6.45) is 6.52. The highest BCUT2D eigenvalue weighted by molar-refractivity contribution is 6.33. The maximum atomic E-state index is 17.2. The van der Waals surface area contributed by atoms with Crippen molar-refractivity contribution in [2.45, 2.75) is 56.5 Å². The van der Waals surface area contributed by atoms with Gasteiger partial charge in [-0.15, -0.1) is 0 Å². The van der Waals surface area contributed by atoms with Crippen LogP contribution in [0, 0.1) is 11.7 Å². The van der Waals surface area contributed by atoms with E-state index >= 15 is 4.39 Å². The molecule has 0 spiro atoms. The van der Waals surface area contributed by atoms with Crippen LogP contribution >= 0.6 is 11.6 Å². The minimum Gasteiger partial charge on any atom is -0.475 e. The van der Waals surface area contributed by atoms with Crippen LogP contribution in [-0.2, 0) is 4.74 Å². The number of anilines is 1. The van der Waals surface area contributed by atoms with Crippen LogP contribution in [0.3, 0.4) is 0 Å². The van der Waals surface area contributed by atoms with E-state index in [0.29, 0.717) is 66.6 Å². The number of nitrogens with zero attached hydrogens (tertiary/aromatic N) is 6. The summed E-state index contributed by atoms with van der Waals surface area (Å²) in [5.41, 5.74) is 3.61. The second kappa shape index (κ2) is 10.2. The van der Waals surface area contributed by atoms with Gasteiger partial charge in [0, 0.05) is 35.7 Å². The number of rotatable bonds is 5. The molecular weight excluding hydrogens is 597 g/mol. The molecular formula is C33H35ClFN7O3. The highest BCUT2D eigenvalue weighted by atomic mass is 35.5. The van der Waals surface area contributed by atoms with E-state index in [4.69, 9.17) is 40.8 Å². The van der Waals surface area contributed by atoms with Gasteiger partial charge in [-0.2, -0.15) is 15.1 Å². The number of hydrogen-bond donors (Lipinski definition) is 1. The first-order chi connectivity index (χ1) is 21.9. The Labute approximate surface area is 264 Å². The van der Waals surface area contributed by atoms with Crippen molar-refractivity contribution in [3.8, 4) is 23.1 Å². The third-order valence-electron chi connectivity index (χ3n) is 10.5. The molecule has 1 aliphatic carbocycles. The Morgan fingerprint density at radius 3 is 2.98 bits per heavy atom. The number of H-pyrrole nitrogens is 1. The molecule has 12 heteroatoms. The zero-order valence-corrected chi connectivity index (χ0v) is 26.0. The van der Waals surface area contributed by atoms with Crippen LogP contribution in [-0.4, -0.2) is 87.7 Å². The smallest absolute Gasteiger partial charge is 0.319 e. The molecule has 0 unspecified atom stereocenters. The standard InChI is InChI=1S/C33H35ClFN7O3/c1-17-11-33(5-3-6-41(33)13-17)16-45-32-38-29-26-30(39-32)42-7-4-8-43-14-19(42)15-44-31(26)37-28(27(29)35)25-21-12-36-40-23(21)10-22(34)24(25)20-9-18(20)2/h10,12,18-20H,1,3-9,11,13-16H2,2H3,(H,36,40)/t18-,19+,20+,33+/m1/s1. The number of aromatic amines is 1. The molecule has 4 atom stereocenters. The second-order valence-electron chi connectivity index (χ2n) is 13.5. The molecule has 7 heterocycles. The first kappa shape index (κ1) is 27.7. The predicted octanol–water partition coefficient (Wildman–Crippen LogP) is 5.65. The number of pyridine rings is 1. The SMILES string of the molecule is C=C1CN2CCC[C@@]2(COc2nc3c4c(nc(-c5c([C@H]6C[C@H]6C)c(Cl)cc6[nH]ncc56)c(F)c4n2)OC[C@@H]2COCCCN32)C1. The third-order valence-corrected chi connectivity index (χ3v) is 10.8. The normalized spacial score (nSPS) is 27.8. The lowest BCUT2D eigenvalue weighted by molar-refractivity contribution is 0.108. The second-order valence-corrected chi connectivity index (χ2v) is 13.9. The fraction of sp³-hybridized carbons (Fsp3) is 0.515. The zero-order valence-electron chi connectivity index (χ0n) is 25.2. The van der Waals surface area contributed by atoms with Crippen molar-refractivity contribution in [2.24, 2.45) is 5.92 Å². The number of benzene rings is 1. The van der Waals surface area contributed by atoms with Gasteiger partial charge >= 0.3 is 6.01 Å². The van der Waals surface area contributed by atoms with Crippen LogP contribution in [0.25, 0.3) is 33.1 Å². The maximum Gasteiger partial charge on any atom is 0.319 e. The van der Waals surface area contributed by atoms with E-state index in [2.05, 4.69) is 33.5 Å². The molecule has 0 bridgehead atoms. The lowest BCUT2D eigenvalue weighted by Gasteiger charge is -2.31. The molecule has 4 fully saturated rings. The number of aromatic nitrogens is 5. The van der Waals surface area contributed by atoms with Crippen molar-refractivity contribution < 1.29 is 18.6 Å². The van der Waals surface area contributed by atoms with Crippen molar-refractivity contribution in [3.63, 3.8) is 0 Å². The Balaban J connectivity index is 1.24. The van der Waals surface area contributed by atoms with Gasteiger partial charge < -0.3 is 19.1 Å². The predicted molar refractivity (Wildman–Crippen MR) is 169 cm³/mol. The van der Waals surface area contributed by atoms with Crippen LogP contribution in [0.5, 0.6) is 11.9 Å². The van der Waals surface area contributed by atoms with Crippen molar-refractivity contribution >= 4 is 39.2 Å². The molecule has 3 saturated heterocycles. The van der Waals surface area contributed by atoms with Crippen molar-refractivity contribution in [1.29, 1.82) is 0 Å². The summed E-state index contributed by atoms with van der Waals surface area (Å²) in [6.45, 7) is 10.9. The summed E-state index contributed by atoms with van der Waals surface area (Å²) in [5, 5.41) is 9.05. The van der Waals surface area contributed by atoms with Crippen LogP contribution in [0.1, 0.15) is 50.5 Å². The van der Waals surface area contributed by atoms with Crippen molar-refractivity contribution in [1.82, 2.24) is 30.0 Å². The fourth-order valence-corrected chi connectivity index (χ4v) is 8.47. The van der Waals surface area contributed by atoms with Gasteiger partial charge in [0.25, 0.3) is 0 Å². The Bertz CT molecular complexity index is 1880. The average molecular weight is 632 g/mol. The topological polar surface area (TPSA) is 102 Å². The lowest BCUT2D eigenvalue weighted by Crippen LogP contribution is -2.43. The minimum atomic E-state index is -0.551. The maximum absolute atomic E-state index is 17.2. The van der Waals surface area contributed by atoms with Crippen molar-refractivity contribution in [3.05, 3.63) is 40.8 Å². The molecule has 5 aliphatic rings. The summed E-state index contributed by atoms with van der Waals surface area (Å²) in [5.74, 6) is 0.956. The number of fused-ring (bicyclic) bond motifs is 4. The molecule has 234 valence electrons. The molecule has 9 rings (SSSR count). The minimum absolute atomic E-state index is 0.115. The van der Waals surface area contributed by atoms with E-state index < -0.39 is 5.82 Å². The van der Waals surface area contributed by atoms with Gasteiger partial charge in [0.15, 0.2) is 5.82 Å². The summed E-state index contributed by atoms with van der Waals surface area (Å²) in [7, 11) is 0. The van der Waals surface area contributed by atoms with Crippen LogP contribution in [0.15, 0.2) is 24.4 Å². The monoisotopic (exact) mass is 631 g/mol. The number of nitrogens with one attached hydrogen (secondary N) is 1. The number of ether oxygens (including phenoxy) is 3. The Hall–Kier alpha value is -3.54. The summed E-state index contributed by atoms with van der Waals surface area (Å²) in [6, 6.07) is 1.91. The molecule has 1 aromatic carbocycles. The van der Waals surface area contributed by atoms with Gasteiger partial charge in [0.2, 0.25) is 5.88 Å². The van der Waals surface area contributed by atoms with Gasteiger partial charge in [0.05, 0.1) is 29.9 Å². The number of halogens is 2. The van der Waals surface area contributed by atoms with E-state index in [1.807, 2.05) is 6.07 Å². The van der Waals surface area contributed by atoms with E-state index in [9.17, 15) is 0 Å². The summed E-state index contributed by atoms with van der Waals surface area (Å²) in [4.78, 5) is 19.2. The largest absolute Gasteiger partial charge is 0.475 e. The highest BCUT2D eigenvalue weighted by Gasteiger charge is 2.47. The molecule has 10 nitrogen and oxygen atoms in total. The first-order valence-corrected chi connectivity index (χ1v) is 16.4. The van der Waals surface area contributed by atoms with Gasteiger partial charge in [-0.05, 0) is 62.1 Å². The molecule has 1 N–H and O–H groups in total. The van der Waals surface area contributed by atoms with Gasteiger partial charge in [0.1, 0.15) is 35.6 Å². The quantitative estimate of drug-likeness (QED) is 0.280. The summed E-state index contributed by atoms with van der Waals surface area (Å²) < 4.78 is 36.0. The fourth-order valence-electron chi connectivity index (χ4n) is 8.13. The average Bonchev–Trinajstić information content (AvgIpc) is 3.32. The van der Waals surface area contributed by atoms with Crippen LogP contribution < -0.4 is 14.4 Å². The van der Waals surface area contributed by atoms with Gasteiger partial charge in [-0.25, -0.2) is 9.37 Å². The Morgan fingerprint density at radius 2 is 2.11 bits per heavy atom. The first-order valence-electron chi connectivity index (χ1n) is 16.0. The zero-order chi connectivity index (χ0) is 30.4. The molecule has 3 aromatic heterocycles. The molecule has 0 radical (unpaired) electrons. The molecule has 4 aliphatic heterocycles. The molecule has 45 heavy (non-hydrogen) atoms. The molecule has 4 aromatic rings. The Kier molecular flexibility index (Phi) is 6.31. The van der Waals surface area contributed by atoms with E-state index in [1.165, 1.54) is 5.57 Å². The molecule has 1 saturated carbocycles. The van der Waals surface area contributed by atoms with Gasteiger partial charge in [-0.1, -0.05) is 30.7 Å². The molecule has 0 amide bonds.